The van der Waals surface area contributed by atoms with Gasteiger partial charge in [-0.25, -0.2) is 0 Å². The smallest absolute Gasteiger partial charge is 0.162 e. The summed E-state index contributed by atoms with van der Waals surface area (Å²) in [5.74, 6) is 2.49. The number of fused-ring (bicyclic) bond motifs is 1. The van der Waals surface area contributed by atoms with Crippen molar-refractivity contribution in [2.24, 2.45) is 5.73 Å². The molecule has 1 atom stereocenters. The minimum atomic E-state index is 0.0319. The maximum atomic E-state index is 6.30. The van der Waals surface area contributed by atoms with E-state index in [4.69, 9.17) is 15.2 Å². The SMILES string of the molecule is Cc1ccccc1C(N)CSc1ccc2c(c1)OCCO2. The maximum absolute atomic E-state index is 6.30. The van der Waals surface area contributed by atoms with Crippen molar-refractivity contribution in [2.45, 2.75) is 17.9 Å². The van der Waals surface area contributed by atoms with Crippen LogP contribution in [0.1, 0.15) is 17.2 Å². The van der Waals surface area contributed by atoms with Gasteiger partial charge in [0.2, 0.25) is 0 Å². The summed E-state index contributed by atoms with van der Waals surface area (Å²) >= 11 is 1.74. The molecule has 1 heterocycles. The van der Waals surface area contributed by atoms with Crippen LogP contribution in [0.2, 0.25) is 0 Å². The third-order valence-electron chi connectivity index (χ3n) is 3.53. The Morgan fingerprint density at radius 1 is 1.10 bits per heavy atom. The van der Waals surface area contributed by atoms with Gasteiger partial charge in [-0.15, -0.1) is 11.8 Å². The lowest BCUT2D eigenvalue weighted by Crippen LogP contribution is -2.15. The lowest BCUT2D eigenvalue weighted by molar-refractivity contribution is 0.171. The van der Waals surface area contributed by atoms with Crippen molar-refractivity contribution in [1.82, 2.24) is 0 Å². The van der Waals surface area contributed by atoms with Gasteiger partial charge in [0.1, 0.15) is 13.2 Å². The van der Waals surface area contributed by atoms with E-state index >= 15 is 0 Å². The summed E-state index contributed by atoms with van der Waals surface area (Å²) in [4.78, 5) is 1.16. The molecule has 110 valence electrons. The van der Waals surface area contributed by atoms with E-state index in [9.17, 15) is 0 Å². The molecule has 0 aliphatic carbocycles. The van der Waals surface area contributed by atoms with E-state index in [1.54, 1.807) is 11.8 Å². The Morgan fingerprint density at radius 3 is 2.67 bits per heavy atom. The summed E-state index contributed by atoms with van der Waals surface area (Å²) in [6.45, 7) is 3.34. The Balaban J connectivity index is 1.66. The lowest BCUT2D eigenvalue weighted by atomic mass is 10.0. The summed E-state index contributed by atoms with van der Waals surface area (Å²) in [6, 6.07) is 14.4. The third kappa shape index (κ3) is 3.34. The molecule has 0 saturated heterocycles. The quantitative estimate of drug-likeness (QED) is 0.877. The van der Waals surface area contributed by atoms with Crippen molar-refractivity contribution < 1.29 is 9.47 Å². The average Bonchev–Trinajstić information content (AvgIpc) is 2.53. The maximum Gasteiger partial charge on any atom is 0.162 e. The zero-order valence-electron chi connectivity index (χ0n) is 12.0. The van der Waals surface area contributed by atoms with Crippen LogP contribution in [0.5, 0.6) is 11.5 Å². The summed E-state index contributed by atoms with van der Waals surface area (Å²) in [5, 5.41) is 0. The van der Waals surface area contributed by atoms with E-state index in [0.717, 1.165) is 22.1 Å². The highest BCUT2D eigenvalue weighted by atomic mass is 32.2. The first-order valence-corrected chi connectivity index (χ1v) is 8.06. The Hall–Kier alpha value is -1.65. The molecule has 1 aliphatic rings. The second-order valence-electron chi connectivity index (χ2n) is 5.08. The van der Waals surface area contributed by atoms with Crippen LogP contribution in [0.25, 0.3) is 0 Å². The van der Waals surface area contributed by atoms with Gasteiger partial charge in [-0.05, 0) is 36.2 Å². The number of rotatable bonds is 4. The molecule has 0 amide bonds. The Kier molecular flexibility index (Phi) is 4.36. The normalized spacial score (nSPS) is 14.8. The van der Waals surface area contributed by atoms with Gasteiger partial charge in [-0.2, -0.15) is 0 Å². The standard InChI is InChI=1S/C17H19NO2S/c1-12-4-2-3-5-14(12)15(18)11-21-13-6-7-16-17(10-13)20-9-8-19-16/h2-7,10,15H,8-9,11,18H2,1H3. The molecule has 0 aromatic heterocycles. The van der Waals surface area contributed by atoms with Crippen LogP contribution < -0.4 is 15.2 Å². The van der Waals surface area contributed by atoms with Crippen LogP contribution in [0.4, 0.5) is 0 Å². The molecule has 3 nitrogen and oxygen atoms in total. The number of hydrogen-bond donors (Lipinski definition) is 1. The van der Waals surface area contributed by atoms with Crippen molar-refractivity contribution in [3.05, 3.63) is 53.6 Å². The number of nitrogens with two attached hydrogens (primary N) is 1. The van der Waals surface area contributed by atoms with E-state index in [0.29, 0.717) is 13.2 Å². The molecule has 0 saturated carbocycles. The fraction of sp³-hybridized carbons (Fsp3) is 0.294. The molecule has 1 aliphatic heterocycles. The van der Waals surface area contributed by atoms with Crippen molar-refractivity contribution in [1.29, 1.82) is 0 Å². The molecule has 2 aromatic rings. The predicted octanol–water partition coefficient (Wildman–Crippen LogP) is 3.56. The van der Waals surface area contributed by atoms with Crippen LogP contribution >= 0.6 is 11.8 Å². The molecule has 0 spiro atoms. The Morgan fingerprint density at radius 2 is 1.86 bits per heavy atom. The number of benzene rings is 2. The highest BCUT2D eigenvalue weighted by molar-refractivity contribution is 7.99. The van der Waals surface area contributed by atoms with Crippen molar-refractivity contribution in [3.63, 3.8) is 0 Å². The number of ether oxygens (including phenoxy) is 2. The Labute approximate surface area is 129 Å². The largest absolute Gasteiger partial charge is 0.486 e. The Bertz CT molecular complexity index is 630. The predicted molar refractivity (Wildman–Crippen MR) is 86.3 cm³/mol. The summed E-state index contributed by atoms with van der Waals surface area (Å²) in [5.41, 5.74) is 8.76. The van der Waals surface area contributed by atoms with Gasteiger partial charge in [-0.1, -0.05) is 24.3 Å². The number of hydrogen-bond acceptors (Lipinski definition) is 4. The van der Waals surface area contributed by atoms with Gasteiger partial charge in [0.25, 0.3) is 0 Å². The average molecular weight is 301 g/mol. The van der Waals surface area contributed by atoms with E-state index < -0.39 is 0 Å². The van der Waals surface area contributed by atoms with Crippen molar-refractivity contribution in [3.8, 4) is 11.5 Å². The van der Waals surface area contributed by atoms with Crippen LogP contribution in [-0.2, 0) is 0 Å². The minimum Gasteiger partial charge on any atom is -0.486 e. The first-order chi connectivity index (χ1) is 10.2. The molecule has 0 bridgehead atoms. The van der Waals surface area contributed by atoms with Gasteiger partial charge in [0, 0.05) is 16.7 Å². The van der Waals surface area contributed by atoms with E-state index in [1.807, 2.05) is 24.3 Å². The topological polar surface area (TPSA) is 44.5 Å². The third-order valence-corrected chi connectivity index (χ3v) is 4.64. The van der Waals surface area contributed by atoms with Crippen LogP contribution in [0.3, 0.4) is 0 Å². The fourth-order valence-electron chi connectivity index (χ4n) is 2.39. The first-order valence-electron chi connectivity index (χ1n) is 7.07. The monoisotopic (exact) mass is 301 g/mol. The molecular formula is C17H19NO2S. The van der Waals surface area contributed by atoms with Crippen LogP contribution in [0, 0.1) is 6.92 Å². The molecule has 2 N–H and O–H groups in total. The molecule has 0 radical (unpaired) electrons. The molecule has 21 heavy (non-hydrogen) atoms. The van der Waals surface area contributed by atoms with E-state index in [2.05, 4.69) is 25.1 Å². The zero-order chi connectivity index (χ0) is 14.7. The molecule has 3 rings (SSSR count). The lowest BCUT2D eigenvalue weighted by Gasteiger charge is -2.19. The second kappa shape index (κ2) is 6.41. The fourth-order valence-corrected chi connectivity index (χ4v) is 3.30. The first kappa shape index (κ1) is 14.3. The number of thioether (sulfide) groups is 1. The molecule has 2 aromatic carbocycles. The van der Waals surface area contributed by atoms with Crippen molar-refractivity contribution in [2.75, 3.05) is 19.0 Å². The highest BCUT2D eigenvalue weighted by Crippen LogP contribution is 2.35. The number of aryl methyl sites for hydroxylation is 1. The zero-order valence-corrected chi connectivity index (χ0v) is 12.9. The minimum absolute atomic E-state index is 0.0319. The highest BCUT2D eigenvalue weighted by Gasteiger charge is 2.13. The van der Waals surface area contributed by atoms with Crippen LogP contribution in [0.15, 0.2) is 47.4 Å². The summed E-state index contributed by atoms with van der Waals surface area (Å²) < 4.78 is 11.1. The van der Waals surface area contributed by atoms with Gasteiger partial charge >= 0.3 is 0 Å². The molecule has 0 fully saturated rings. The molecule has 1 unspecified atom stereocenters. The molecule has 4 heteroatoms. The second-order valence-corrected chi connectivity index (χ2v) is 6.17. The summed E-state index contributed by atoms with van der Waals surface area (Å²) in [7, 11) is 0. The van der Waals surface area contributed by atoms with Crippen LogP contribution in [-0.4, -0.2) is 19.0 Å². The van der Waals surface area contributed by atoms with Gasteiger partial charge in [-0.3, -0.25) is 0 Å². The van der Waals surface area contributed by atoms with Gasteiger partial charge in [0.05, 0.1) is 0 Å². The van der Waals surface area contributed by atoms with Gasteiger partial charge in [0.15, 0.2) is 11.5 Å². The van der Waals surface area contributed by atoms with Crippen molar-refractivity contribution >= 4 is 11.8 Å². The summed E-state index contributed by atoms with van der Waals surface area (Å²) in [6.07, 6.45) is 0. The van der Waals surface area contributed by atoms with E-state index in [1.165, 1.54) is 11.1 Å². The van der Waals surface area contributed by atoms with E-state index in [-0.39, 0.29) is 6.04 Å². The molecular weight excluding hydrogens is 282 g/mol. The van der Waals surface area contributed by atoms with Gasteiger partial charge < -0.3 is 15.2 Å².